The van der Waals surface area contributed by atoms with Gasteiger partial charge in [-0.15, -0.1) is 0 Å². The van der Waals surface area contributed by atoms with E-state index in [2.05, 4.69) is 20.7 Å². The second kappa shape index (κ2) is 7.54. The highest BCUT2D eigenvalue weighted by Crippen LogP contribution is 2.38. The Hall–Kier alpha value is -1.58. The van der Waals surface area contributed by atoms with Crippen molar-refractivity contribution in [2.45, 2.75) is 13.0 Å². The van der Waals surface area contributed by atoms with Gasteiger partial charge in [-0.3, -0.25) is 9.69 Å². The Morgan fingerprint density at radius 1 is 1.46 bits per heavy atom. The zero-order chi connectivity index (χ0) is 18.0. The van der Waals surface area contributed by atoms with Crippen LogP contribution in [0.1, 0.15) is 12.5 Å². The van der Waals surface area contributed by atoms with Crippen LogP contribution in [0.3, 0.4) is 0 Å². The Morgan fingerprint density at radius 3 is 2.71 bits per heavy atom. The van der Waals surface area contributed by atoms with Gasteiger partial charge in [0.05, 0.1) is 23.6 Å². The molecule has 1 aromatic carbocycles. The minimum absolute atomic E-state index is 0.0264. The molecule has 0 radical (unpaired) electrons. The lowest BCUT2D eigenvalue weighted by Crippen LogP contribution is -2.42. The highest BCUT2D eigenvalue weighted by molar-refractivity contribution is 9.10. The number of phenolic OH excluding ortho intramolecular Hbond substituents is 1. The lowest BCUT2D eigenvalue weighted by Gasteiger charge is -2.20. The Morgan fingerprint density at radius 2 is 2.12 bits per heavy atom. The minimum Gasteiger partial charge on any atom is -0.503 e. The van der Waals surface area contributed by atoms with Crippen molar-refractivity contribution < 1.29 is 24.2 Å². The van der Waals surface area contributed by atoms with Crippen LogP contribution in [-0.2, 0) is 14.3 Å². The topological polar surface area (TPSA) is 76.1 Å². The third kappa shape index (κ3) is 3.57. The van der Waals surface area contributed by atoms with Crippen LogP contribution < -0.4 is 4.74 Å². The number of aromatic hydroxyl groups is 1. The fourth-order valence-electron chi connectivity index (χ4n) is 2.07. The number of hydrogen-bond donors (Lipinski definition) is 1. The number of hydrogen-bond acceptors (Lipinski definition) is 7. The van der Waals surface area contributed by atoms with Crippen LogP contribution in [0.15, 0.2) is 21.5 Å². The van der Waals surface area contributed by atoms with Gasteiger partial charge in [0, 0.05) is 0 Å². The van der Waals surface area contributed by atoms with Gasteiger partial charge in [0.1, 0.15) is 10.4 Å². The molecule has 6 nitrogen and oxygen atoms in total. The van der Waals surface area contributed by atoms with E-state index in [4.69, 9.17) is 17.0 Å². The molecule has 1 aliphatic rings. The van der Waals surface area contributed by atoms with Gasteiger partial charge in [-0.2, -0.15) is 0 Å². The molecule has 0 bridgehead atoms. The smallest absolute Gasteiger partial charge is 0.328 e. The minimum atomic E-state index is -0.797. The molecule has 2 rings (SSSR count). The van der Waals surface area contributed by atoms with E-state index in [0.717, 1.165) is 11.8 Å². The molecule has 1 amide bonds. The van der Waals surface area contributed by atoms with Gasteiger partial charge in [0.25, 0.3) is 5.91 Å². The molecule has 0 aromatic heterocycles. The number of thioether (sulfide) groups is 1. The summed E-state index contributed by atoms with van der Waals surface area (Å²) in [5.41, 5.74) is 0.641. The van der Waals surface area contributed by atoms with Crippen LogP contribution in [0.4, 0.5) is 0 Å². The highest BCUT2D eigenvalue weighted by atomic mass is 79.9. The molecule has 0 spiro atoms. The summed E-state index contributed by atoms with van der Waals surface area (Å²) in [7, 11) is 2.69. The summed E-state index contributed by atoms with van der Waals surface area (Å²) in [4.78, 5) is 25.8. The van der Waals surface area contributed by atoms with E-state index in [1.165, 1.54) is 19.1 Å². The quantitative estimate of drug-likeness (QED) is 0.446. The van der Waals surface area contributed by atoms with Gasteiger partial charge in [0.2, 0.25) is 0 Å². The first-order chi connectivity index (χ1) is 11.3. The maximum atomic E-state index is 12.5. The van der Waals surface area contributed by atoms with Gasteiger partial charge in [-0.25, -0.2) is 4.79 Å². The number of carbonyl (C=O) groups excluding carboxylic acids is 2. The van der Waals surface area contributed by atoms with Gasteiger partial charge in [-0.05, 0) is 46.6 Å². The van der Waals surface area contributed by atoms with Crippen molar-refractivity contribution in [2.24, 2.45) is 0 Å². The summed E-state index contributed by atoms with van der Waals surface area (Å²) in [5.74, 6) is -0.664. The zero-order valence-electron chi connectivity index (χ0n) is 13.0. The molecule has 1 atom stereocenters. The van der Waals surface area contributed by atoms with Crippen LogP contribution in [-0.4, -0.2) is 46.5 Å². The monoisotopic (exact) mass is 431 g/mol. The van der Waals surface area contributed by atoms with E-state index < -0.39 is 12.0 Å². The standard InChI is InChI=1S/C15H14BrNO5S2/c1-7(14(20)22-3)17-13(19)11(24-15(17)23)6-8-4-9(16)12(18)10(5-8)21-2/h4-7,18H,1-3H3. The Balaban J connectivity index is 2.36. The van der Waals surface area contributed by atoms with Gasteiger partial charge in [0.15, 0.2) is 11.5 Å². The molecular weight excluding hydrogens is 418 g/mol. The summed E-state index contributed by atoms with van der Waals surface area (Å²) in [5, 5.41) is 9.83. The molecule has 0 saturated carbocycles. The third-order valence-corrected chi connectivity index (χ3v) is 5.26. The van der Waals surface area contributed by atoms with Crippen LogP contribution in [0.25, 0.3) is 6.08 Å². The molecule has 24 heavy (non-hydrogen) atoms. The number of nitrogens with zero attached hydrogens (tertiary/aromatic N) is 1. The van der Waals surface area contributed by atoms with Crippen molar-refractivity contribution in [3.63, 3.8) is 0 Å². The van der Waals surface area contributed by atoms with Crippen LogP contribution >= 0.6 is 39.9 Å². The summed E-state index contributed by atoms with van der Waals surface area (Å²) < 4.78 is 10.5. The Bertz CT molecular complexity index is 750. The number of halogens is 1. The first-order valence-electron chi connectivity index (χ1n) is 6.71. The number of methoxy groups -OCH3 is 2. The van der Waals surface area contributed by atoms with Crippen molar-refractivity contribution in [1.29, 1.82) is 0 Å². The van der Waals surface area contributed by atoms with E-state index in [0.29, 0.717) is 14.9 Å². The third-order valence-electron chi connectivity index (χ3n) is 3.32. The molecular formula is C15H14BrNO5S2. The molecule has 1 fully saturated rings. The molecule has 9 heteroatoms. The lowest BCUT2D eigenvalue weighted by molar-refractivity contribution is -0.147. The second-order valence-corrected chi connectivity index (χ2v) is 7.33. The molecule has 1 unspecified atom stereocenters. The Kier molecular flexibility index (Phi) is 5.89. The Labute approximate surface area is 156 Å². The van der Waals surface area contributed by atoms with Crippen molar-refractivity contribution in [3.05, 3.63) is 27.1 Å². The summed E-state index contributed by atoms with van der Waals surface area (Å²) >= 11 is 9.52. The predicted octanol–water partition coefficient (Wildman–Crippen LogP) is 2.93. The van der Waals surface area contributed by atoms with Gasteiger partial charge in [-0.1, -0.05) is 24.0 Å². The molecule has 0 aliphatic carbocycles. The van der Waals surface area contributed by atoms with Crippen molar-refractivity contribution in [1.82, 2.24) is 4.90 Å². The van der Waals surface area contributed by atoms with Crippen molar-refractivity contribution in [3.8, 4) is 11.5 Å². The molecule has 1 aliphatic heterocycles. The van der Waals surface area contributed by atoms with Crippen molar-refractivity contribution in [2.75, 3.05) is 14.2 Å². The van der Waals surface area contributed by atoms with Gasteiger partial charge >= 0.3 is 5.97 Å². The maximum Gasteiger partial charge on any atom is 0.328 e. The number of esters is 1. The van der Waals surface area contributed by atoms with Crippen LogP contribution in [0.2, 0.25) is 0 Å². The molecule has 1 N–H and O–H groups in total. The first kappa shape index (κ1) is 18.8. The number of carbonyl (C=O) groups is 2. The lowest BCUT2D eigenvalue weighted by atomic mass is 10.1. The number of rotatable bonds is 4. The van der Waals surface area contributed by atoms with E-state index in [1.54, 1.807) is 25.1 Å². The second-order valence-electron chi connectivity index (χ2n) is 4.80. The first-order valence-corrected chi connectivity index (χ1v) is 8.73. The highest BCUT2D eigenvalue weighted by Gasteiger charge is 2.38. The number of amides is 1. The van der Waals surface area contributed by atoms with E-state index >= 15 is 0 Å². The average molecular weight is 432 g/mol. The summed E-state index contributed by atoms with van der Waals surface area (Å²) in [6.45, 7) is 1.56. The number of phenols is 1. The van der Waals surface area contributed by atoms with Crippen LogP contribution in [0, 0.1) is 0 Å². The normalized spacial score (nSPS) is 17.3. The molecule has 1 aromatic rings. The largest absolute Gasteiger partial charge is 0.503 e. The maximum absolute atomic E-state index is 12.5. The zero-order valence-corrected chi connectivity index (χ0v) is 16.3. The number of thiocarbonyl (C=S) groups is 1. The fraction of sp³-hybridized carbons (Fsp3) is 0.267. The number of ether oxygens (including phenoxy) is 2. The molecule has 1 saturated heterocycles. The van der Waals surface area contributed by atoms with E-state index in [9.17, 15) is 14.7 Å². The van der Waals surface area contributed by atoms with E-state index in [-0.39, 0.29) is 21.7 Å². The fourth-order valence-corrected chi connectivity index (χ4v) is 3.95. The predicted molar refractivity (Wildman–Crippen MR) is 98.8 cm³/mol. The molecule has 1 heterocycles. The van der Waals surface area contributed by atoms with Crippen molar-refractivity contribution >= 4 is 62.2 Å². The van der Waals surface area contributed by atoms with Gasteiger partial charge < -0.3 is 14.6 Å². The summed E-state index contributed by atoms with van der Waals surface area (Å²) in [6.07, 6.45) is 1.62. The average Bonchev–Trinajstić information content (AvgIpc) is 2.83. The summed E-state index contributed by atoms with van der Waals surface area (Å²) in [6, 6.07) is 2.44. The SMILES string of the molecule is COC(=O)C(C)N1C(=O)C(=Cc2cc(Br)c(O)c(OC)c2)SC1=S. The van der Waals surface area contributed by atoms with E-state index in [1.807, 2.05) is 0 Å². The van der Waals surface area contributed by atoms with Crippen LogP contribution in [0.5, 0.6) is 11.5 Å². The number of benzene rings is 1. The molecule has 128 valence electrons.